The number of nitrogens with one attached hydrogen (secondary N) is 1. The van der Waals surface area contributed by atoms with E-state index in [0.29, 0.717) is 17.7 Å². The molecule has 0 aromatic heterocycles. The molecule has 0 saturated carbocycles. The minimum Gasteiger partial charge on any atom is -0.492 e. The normalized spacial score (nSPS) is 11.3. The molecule has 1 aromatic carbocycles. The predicted molar refractivity (Wildman–Crippen MR) is 82.1 cm³/mol. The minimum atomic E-state index is 0.445. The Balaban J connectivity index is 2.58. The van der Waals surface area contributed by atoms with Crippen LogP contribution in [-0.4, -0.2) is 38.2 Å². The van der Waals surface area contributed by atoms with Gasteiger partial charge >= 0.3 is 0 Å². The maximum absolute atomic E-state index is 6.22. The highest BCUT2D eigenvalue weighted by atomic mass is 35.5. The SMILES string of the molecule is CC(C)NCc1cccc(Cl)c1OCCCN(C)C. The van der Waals surface area contributed by atoms with Gasteiger partial charge in [0.1, 0.15) is 5.75 Å². The van der Waals surface area contributed by atoms with Gasteiger partial charge in [0.15, 0.2) is 0 Å². The lowest BCUT2D eigenvalue weighted by Crippen LogP contribution is -2.22. The summed E-state index contributed by atoms with van der Waals surface area (Å²) in [7, 11) is 4.13. The summed E-state index contributed by atoms with van der Waals surface area (Å²) < 4.78 is 5.85. The van der Waals surface area contributed by atoms with Crippen molar-refractivity contribution in [2.45, 2.75) is 32.9 Å². The highest BCUT2D eigenvalue weighted by Gasteiger charge is 2.08. The van der Waals surface area contributed by atoms with E-state index in [2.05, 4.69) is 44.2 Å². The van der Waals surface area contributed by atoms with Crippen molar-refractivity contribution in [2.24, 2.45) is 0 Å². The van der Waals surface area contributed by atoms with Crippen LogP contribution in [0, 0.1) is 0 Å². The van der Waals surface area contributed by atoms with E-state index in [9.17, 15) is 0 Å². The van der Waals surface area contributed by atoms with Crippen molar-refractivity contribution in [3.63, 3.8) is 0 Å². The topological polar surface area (TPSA) is 24.5 Å². The fourth-order valence-electron chi connectivity index (χ4n) is 1.72. The van der Waals surface area contributed by atoms with Crippen molar-refractivity contribution in [1.82, 2.24) is 10.2 Å². The molecule has 0 atom stereocenters. The summed E-state index contributed by atoms with van der Waals surface area (Å²) in [6.45, 7) is 6.74. The summed E-state index contributed by atoms with van der Waals surface area (Å²) in [6, 6.07) is 6.34. The third kappa shape index (κ3) is 6.28. The van der Waals surface area contributed by atoms with Gasteiger partial charge < -0.3 is 15.0 Å². The third-order valence-corrected chi connectivity index (χ3v) is 3.04. The van der Waals surface area contributed by atoms with Gasteiger partial charge in [-0.15, -0.1) is 0 Å². The highest BCUT2D eigenvalue weighted by molar-refractivity contribution is 6.32. The fraction of sp³-hybridized carbons (Fsp3) is 0.600. The van der Waals surface area contributed by atoms with Gasteiger partial charge in [-0.05, 0) is 26.6 Å². The van der Waals surface area contributed by atoms with Crippen molar-refractivity contribution < 1.29 is 4.74 Å². The fourth-order valence-corrected chi connectivity index (χ4v) is 1.97. The first-order valence-corrected chi connectivity index (χ1v) is 7.16. The number of benzene rings is 1. The lowest BCUT2D eigenvalue weighted by Gasteiger charge is -2.16. The lowest BCUT2D eigenvalue weighted by atomic mass is 10.2. The summed E-state index contributed by atoms with van der Waals surface area (Å²) in [5.41, 5.74) is 1.12. The second-order valence-corrected chi connectivity index (χ2v) is 5.68. The second-order valence-electron chi connectivity index (χ2n) is 5.27. The summed E-state index contributed by atoms with van der Waals surface area (Å²) in [6.07, 6.45) is 0.995. The molecule has 1 N–H and O–H groups in total. The van der Waals surface area contributed by atoms with Crippen LogP contribution in [0.1, 0.15) is 25.8 Å². The highest BCUT2D eigenvalue weighted by Crippen LogP contribution is 2.28. The van der Waals surface area contributed by atoms with Crippen molar-refractivity contribution in [2.75, 3.05) is 27.2 Å². The molecule has 3 nitrogen and oxygen atoms in total. The van der Waals surface area contributed by atoms with Crippen molar-refractivity contribution in [1.29, 1.82) is 0 Å². The Kier molecular flexibility index (Phi) is 7.21. The van der Waals surface area contributed by atoms with Gasteiger partial charge in [-0.2, -0.15) is 0 Å². The maximum atomic E-state index is 6.22. The average Bonchev–Trinajstić information content (AvgIpc) is 2.33. The molecule has 0 spiro atoms. The molecule has 0 fully saturated rings. The van der Waals surface area contributed by atoms with Crippen LogP contribution in [0.5, 0.6) is 5.75 Å². The lowest BCUT2D eigenvalue weighted by molar-refractivity contribution is 0.279. The zero-order valence-corrected chi connectivity index (χ0v) is 13.1. The van der Waals surface area contributed by atoms with Crippen molar-refractivity contribution in [3.05, 3.63) is 28.8 Å². The number of hydrogen-bond donors (Lipinski definition) is 1. The standard InChI is InChI=1S/C15H25ClN2O/c1-12(2)17-11-13-7-5-8-14(16)15(13)19-10-6-9-18(3)4/h5,7-8,12,17H,6,9-11H2,1-4H3. The first-order chi connectivity index (χ1) is 9.00. The van der Waals surface area contributed by atoms with E-state index in [4.69, 9.17) is 16.3 Å². The van der Waals surface area contributed by atoms with Crippen LogP contribution in [0.3, 0.4) is 0 Å². The first kappa shape index (κ1) is 16.3. The van der Waals surface area contributed by atoms with E-state index < -0.39 is 0 Å². The number of nitrogens with zero attached hydrogens (tertiary/aromatic N) is 1. The smallest absolute Gasteiger partial charge is 0.142 e. The molecule has 0 aliphatic rings. The minimum absolute atomic E-state index is 0.445. The molecular formula is C15H25ClN2O. The van der Waals surface area contributed by atoms with Gasteiger partial charge in [0.2, 0.25) is 0 Å². The molecule has 0 aliphatic carbocycles. The van der Waals surface area contributed by atoms with Crippen LogP contribution in [0.4, 0.5) is 0 Å². The Bertz CT molecular complexity index is 380. The first-order valence-electron chi connectivity index (χ1n) is 6.79. The van der Waals surface area contributed by atoms with E-state index in [1.165, 1.54) is 0 Å². The molecule has 4 heteroatoms. The molecule has 0 heterocycles. The predicted octanol–water partition coefficient (Wildman–Crippen LogP) is 3.17. The molecule has 0 radical (unpaired) electrons. The van der Waals surface area contributed by atoms with E-state index in [1.807, 2.05) is 12.1 Å². The summed E-state index contributed by atoms with van der Waals surface area (Å²) in [5, 5.41) is 4.08. The van der Waals surface area contributed by atoms with Crippen LogP contribution >= 0.6 is 11.6 Å². The molecule has 19 heavy (non-hydrogen) atoms. The maximum Gasteiger partial charge on any atom is 0.142 e. The summed E-state index contributed by atoms with van der Waals surface area (Å²) >= 11 is 6.22. The summed E-state index contributed by atoms with van der Waals surface area (Å²) in [5.74, 6) is 0.816. The Hall–Kier alpha value is -0.770. The Morgan fingerprint density at radius 1 is 1.32 bits per heavy atom. The van der Waals surface area contributed by atoms with E-state index >= 15 is 0 Å². The van der Waals surface area contributed by atoms with Crippen LogP contribution in [0.15, 0.2) is 18.2 Å². The average molecular weight is 285 g/mol. The number of para-hydroxylation sites is 1. The molecule has 1 rings (SSSR count). The largest absolute Gasteiger partial charge is 0.492 e. The number of rotatable bonds is 8. The quantitative estimate of drug-likeness (QED) is 0.742. The Morgan fingerprint density at radius 3 is 2.68 bits per heavy atom. The van der Waals surface area contributed by atoms with Gasteiger partial charge in [-0.25, -0.2) is 0 Å². The van der Waals surface area contributed by atoms with Crippen LogP contribution in [0.2, 0.25) is 5.02 Å². The Morgan fingerprint density at radius 2 is 2.05 bits per heavy atom. The van der Waals surface area contributed by atoms with E-state index in [1.54, 1.807) is 0 Å². The molecule has 108 valence electrons. The molecular weight excluding hydrogens is 260 g/mol. The van der Waals surface area contributed by atoms with Crippen LogP contribution < -0.4 is 10.1 Å². The zero-order chi connectivity index (χ0) is 14.3. The van der Waals surface area contributed by atoms with Gasteiger partial charge in [0.25, 0.3) is 0 Å². The van der Waals surface area contributed by atoms with Gasteiger partial charge in [0.05, 0.1) is 11.6 Å². The van der Waals surface area contributed by atoms with Gasteiger partial charge in [-0.3, -0.25) is 0 Å². The molecule has 0 aliphatic heterocycles. The molecule has 0 unspecified atom stereocenters. The van der Waals surface area contributed by atoms with Crippen molar-refractivity contribution in [3.8, 4) is 5.75 Å². The van der Waals surface area contributed by atoms with E-state index in [0.717, 1.165) is 30.8 Å². The zero-order valence-electron chi connectivity index (χ0n) is 12.4. The monoisotopic (exact) mass is 284 g/mol. The van der Waals surface area contributed by atoms with Gasteiger partial charge in [0, 0.05) is 24.7 Å². The molecule has 0 bridgehead atoms. The van der Waals surface area contributed by atoms with Crippen LogP contribution in [0.25, 0.3) is 0 Å². The number of halogens is 1. The molecule has 1 aromatic rings. The molecule has 0 saturated heterocycles. The van der Waals surface area contributed by atoms with E-state index in [-0.39, 0.29) is 0 Å². The number of ether oxygens (including phenoxy) is 1. The van der Waals surface area contributed by atoms with Crippen molar-refractivity contribution >= 4 is 11.6 Å². The van der Waals surface area contributed by atoms with Gasteiger partial charge in [-0.1, -0.05) is 37.6 Å². The molecule has 0 amide bonds. The third-order valence-electron chi connectivity index (χ3n) is 2.75. The van der Waals surface area contributed by atoms with Crippen LogP contribution in [-0.2, 0) is 6.54 Å². The Labute approximate surface area is 121 Å². The second kappa shape index (κ2) is 8.41. The summed E-state index contributed by atoms with van der Waals surface area (Å²) in [4.78, 5) is 2.15. The number of hydrogen-bond acceptors (Lipinski definition) is 3.